The topological polar surface area (TPSA) is 99.1 Å². The maximum absolute atomic E-state index is 9.37. The molecule has 0 radical (unpaired) electrons. The molecule has 0 saturated heterocycles. The number of rotatable bonds is 6. The molecule has 0 aromatic heterocycles. The van der Waals surface area contributed by atoms with Crippen molar-refractivity contribution in [2.75, 3.05) is 7.11 Å². The molecule has 0 aliphatic rings. The van der Waals surface area contributed by atoms with Crippen LogP contribution in [0.25, 0.3) is 32.3 Å². The number of hydrogen-bond acceptors (Lipinski definition) is 6. The standard InChI is InChI=1S/C24H16BN3O3.H3P/c1-29-25(31-24(15-27,16-28)11-12-26)30-22-8-4-7-17-9-10-20-13-18-5-2-3-6-19(18)14-21(20)23(17)22;/h2-10,13-14H,11H2,1H3;1H3. The van der Waals surface area contributed by atoms with E-state index in [1.54, 1.807) is 24.3 Å². The number of nitriles is 3. The molecule has 0 fully saturated rings. The second-order valence-corrected chi connectivity index (χ2v) is 6.99. The Morgan fingerprint density at radius 1 is 0.844 bits per heavy atom. The Kier molecular flexibility index (Phi) is 6.94. The monoisotopic (exact) mass is 439 g/mol. The van der Waals surface area contributed by atoms with E-state index in [1.165, 1.54) is 7.11 Å². The minimum absolute atomic E-state index is 0. The Hall–Kier alpha value is -3.66. The lowest BCUT2D eigenvalue weighted by molar-refractivity contribution is 0.0993. The van der Waals surface area contributed by atoms with Gasteiger partial charge in [0.25, 0.3) is 0 Å². The van der Waals surface area contributed by atoms with Crippen LogP contribution in [0.1, 0.15) is 6.42 Å². The van der Waals surface area contributed by atoms with Gasteiger partial charge in [0.05, 0.1) is 12.5 Å². The van der Waals surface area contributed by atoms with Gasteiger partial charge in [0.15, 0.2) is 0 Å². The van der Waals surface area contributed by atoms with Crippen molar-refractivity contribution in [1.29, 1.82) is 15.8 Å². The van der Waals surface area contributed by atoms with Crippen molar-refractivity contribution < 1.29 is 14.0 Å². The Morgan fingerprint density at radius 2 is 1.50 bits per heavy atom. The zero-order chi connectivity index (χ0) is 21.8. The molecule has 0 aliphatic heterocycles. The van der Waals surface area contributed by atoms with E-state index >= 15 is 0 Å². The Morgan fingerprint density at radius 3 is 2.16 bits per heavy atom. The highest BCUT2D eigenvalue weighted by Gasteiger charge is 2.40. The summed E-state index contributed by atoms with van der Waals surface area (Å²) in [4.78, 5) is 0. The summed E-state index contributed by atoms with van der Waals surface area (Å²) in [7, 11) is -0.0122. The van der Waals surface area contributed by atoms with Gasteiger partial charge in [-0.1, -0.05) is 48.5 Å². The molecule has 0 heterocycles. The molecule has 0 spiro atoms. The van der Waals surface area contributed by atoms with Gasteiger partial charge in [0, 0.05) is 12.5 Å². The summed E-state index contributed by atoms with van der Waals surface area (Å²) in [5.74, 6) is 0.479. The lowest BCUT2D eigenvalue weighted by Gasteiger charge is -2.21. The maximum atomic E-state index is 9.37. The van der Waals surface area contributed by atoms with Gasteiger partial charge in [0.2, 0.25) is 5.60 Å². The summed E-state index contributed by atoms with van der Waals surface area (Å²) in [5.41, 5.74) is -1.99. The Bertz CT molecular complexity index is 1410. The fraction of sp³-hybridized carbons (Fsp3) is 0.125. The normalized spacial score (nSPS) is 10.7. The fourth-order valence-electron chi connectivity index (χ4n) is 3.56. The van der Waals surface area contributed by atoms with E-state index in [2.05, 4.69) is 24.3 Å². The smallest absolute Gasteiger partial charge is 0.511 e. The van der Waals surface area contributed by atoms with Crippen LogP contribution >= 0.6 is 9.90 Å². The van der Waals surface area contributed by atoms with Gasteiger partial charge in [-0.25, -0.2) is 0 Å². The summed E-state index contributed by atoms with van der Waals surface area (Å²) in [6.45, 7) is 0. The summed E-state index contributed by atoms with van der Waals surface area (Å²) in [6, 6.07) is 27.3. The number of nitrogens with zero attached hydrogens (tertiary/aromatic N) is 3. The molecular formula is C24H19BN3O3P. The lowest BCUT2D eigenvalue weighted by atomic mass is 9.97. The molecular weight excluding hydrogens is 420 g/mol. The van der Waals surface area contributed by atoms with Crippen molar-refractivity contribution in [2.24, 2.45) is 0 Å². The van der Waals surface area contributed by atoms with Crippen molar-refractivity contribution in [1.82, 2.24) is 0 Å². The quantitative estimate of drug-likeness (QED) is 0.183. The number of benzene rings is 4. The van der Waals surface area contributed by atoms with Crippen LogP contribution < -0.4 is 4.65 Å². The molecule has 0 N–H and O–H groups in total. The van der Waals surface area contributed by atoms with Crippen LogP contribution in [0.2, 0.25) is 0 Å². The van der Waals surface area contributed by atoms with Gasteiger partial charge in [0.1, 0.15) is 17.9 Å². The van der Waals surface area contributed by atoms with Gasteiger partial charge < -0.3 is 14.0 Å². The molecule has 6 nitrogen and oxygen atoms in total. The average molecular weight is 439 g/mol. The molecule has 4 aromatic carbocycles. The second kappa shape index (κ2) is 9.65. The van der Waals surface area contributed by atoms with Gasteiger partial charge >= 0.3 is 7.32 Å². The average Bonchev–Trinajstić information content (AvgIpc) is 2.81. The largest absolute Gasteiger partial charge is 0.714 e. The first-order valence-electron chi connectivity index (χ1n) is 9.54. The first-order chi connectivity index (χ1) is 15.1. The third-order valence-corrected chi connectivity index (χ3v) is 5.09. The van der Waals surface area contributed by atoms with Crippen LogP contribution in [0, 0.1) is 34.0 Å². The summed E-state index contributed by atoms with van der Waals surface area (Å²) >= 11 is 0. The van der Waals surface area contributed by atoms with Gasteiger partial charge in [-0.15, -0.1) is 0 Å². The molecule has 0 amide bonds. The fourth-order valence-corrected chi connectivity index (χ4v) is 3.56. The zero-order valence-electron chi connectivity index (χ0n) is 17.4. The van der Waals surface area contributed by atoms with Crippen LogP contribution in [0.4, 0.5) is 0 Å². The molecule has 8 heteroatoms. The highest BCUT2D eigenvalue weighted by molar-refractivity contribution is 6.92. The minimum atomic E-state index is -1.99. The molecule has 1 atom stereocenters. The summed E-state index contributed by atoms with van der Waals surface area (Å²) in [5, 5.41) is 33.8. The first kappa shape index (κ1) is 23.0. The lowest BCUT2D eigenvalue weighted by Crippen LogP contribution is -2.41. The van der Waals surface area contributed by atoms with E-state index in [0.29, 0.717) is 5.75 Å². The predicted octanol–water partition coefficient (Wildman–Crippen LogP) is 4.93. The third kappa shape index (κ3) is 4.22. The molecule has 0 aliphatic carbocycles. The van der Waals surface area contributed by atoms with Gasteiger partial charge in [-0.2, -0.15) is 25.7 Å². The van der Waals surface area contributed by atoms with Crippen molar-refractivity contribution in [3.63, 3.8) is 0 Å². The van der Waals surface area contributed by atoms with E-state index in [-0.39, 0.29) is 9.90 Å². The van der Waals surface area contributed by atoms with Crippen LogP contribution in [0.15, 0.2) is 66.7 Å². The SMILES string of the molecule is COB(Oc1cccc2ccc3cc4ccccc4cc3c12)OC(C#N)(C#N)CC#N.P. The summed E-state index contributed by atoms with van der Waals surface area (Å²) < 4.78 is 16.7. The molecule has 1 unspecified atom stereocenters. The molecule has 156 valence electrons. The highest BCUT2D eigenvalue weighted by atomic mass is 31.0. The first-order valence-corrected chi connectivity index (χ1v) is 9.54. The van der Waals surface area contributed by atoms with Crippen LogP contribution in [-0.4, -0.2) is 20.0 Å². The molecule has 0 saturated carbocycles. The number of hydrogen-bond donors (Lipinski definition) is 0. The molecule has 4 aromatic rings. The van der Waals surface area contributed by atoms with Crippen molar-refractivity contribution in [3.8, 4) is 24.0 Å². The van der Waals surface area contributed by atoms with E-state index in [9.17, 15) is 10.5 Å². The zero-order valence-corrected chi connectivity index (χ0v) is 18.8. The van der Waals surface area contributed by atoms with Crippen LogP contribution in [-0.2, 0) is 9.31 Å². The third-order valence-electron chi connectivity index (χ3n) is 5.09. The number of fused-ring (bicyclic) bond motifs is 4. The molecule has 4 rings (SSSR count). The van der Waals surface area contributed by atoms with Gasteiger partial charge in [-0.05, 0) is 45.1 Å². The second-order valence-electron chi connectivity index (χ2n) is 6.99. The van der Waals surface area contributed by atoms with E-state index in [0.717, 1.165) is 32.3 Å². The van der Waals surface area contributed by atoms with Crippen LogP contribution in [0.5, 0.6) is 5.75 Å². The van der Waals surface area contributed by atoms with Crippen molar-refractivity contribution in [3.05, 3.63) is 66.7 Å². The van der Waals surface area contributed by atoms with E-state index in [1.807, 2.05) is 36.4 Å². The van der Waals surface area contributed by atoms with E-state index < -0.39 is 19.3 Å². The molecule has 32 heavy (non-hydrogen) atoms. The molecule has 0 bridgehead atoms. The summed E-state index contributed by atoms with van der Waals surface area (Å²) in [6.07, 6.45) is -0.437. The van der Waals surface area contributed by atoms with Gasteiger partial charge in [-0.3, -0.25) is 0 Å². The van der Waals surface area contributed by atoms with Crippen LogP contribution in [0.3, 0.4) is 0 Å². The maximum Gasteiger partial charge on any atom is 0.714 e. The minimum Gasteiger partial charge on any atom is -0.511 e. The van der Waals surface area contributed by atoms with Crippen molar-refractivity contribution in [2.45, 2.75) is 12.0 Å². The highest BCUT2D eigenvalue weighted by Crippen LogP contribution is 2.35. The van der Waals surface area contributed by atoms with E-state index in [4.69, 9.17) is 19.2 Å². The predicted molar refractivity (Wildman–Crippen MR) is 129 cm³/mol. The van der Waals surface area contributed by atoms with Crippen molar-refractivity contribution >= 4 is 49.5 Å². The Labute approximate surface area is 189 Å². The Balaban J connectivity index is 0.00000289.